The first-order chi connectivity index (χ1) is 8.49. The van der Waals surface area contributed by atoms with Gasteiger partial charge in [-0.2, -0.15) is 0 Å². The summed E-state index contributed by atoms with van der Waals surface area (Å²) in [6, 6.07) is 7.64. The van der Waals surface area contributed by atoms with Gasteiger partial charge in [0, 0.05) is 0 Å². The van der Waals surface area contributed by atoms with E-state index in [0.29, 0.717) is 13.2 Å². The lowest BCUT2D eigenvalue weighted by atomic mass is 9.95. The third-order valence-electron chi connectivity index (χ3n) is 2.60. The van der Waals surface area contributed by atoms with E-state index in [4.69, 9.17) is 14.2 Å². The molecular formula is C14H20O4. The summed E-state index contributed by atoms with van der Waals surface area (Å²) in [7, 11) is 3.01. The molecule has 0 fully saturated rings. The molecule has 0 radical (unpaired) electrons. The highest BCUT2D eigenvalue weighted by Crippen LogP contribution is 2.19. The number of carbonyl (C=O) groups excluding carboxylic acids is 1. The number of hydrogen-bond donors (Lipinski definition) is 0. The molecule has 1 rings (SSSR count). The quantitative estimate of drug-likeness (QED) is 0.729. The summed E-state index contributed by atoms with van der Waals surface area (Å²) in [6.45, 7) is 4.35. The second-order valence-electron chi connectivity index (χ2n) is 4.72. The fourth-order valence-electron chi connectivity index (χ4n) is 1.52. The van der Waals surface area contributed by atoms with Crippen LogP contribution in [0.4, 0.5) is 0 Å². The highest BCUT2D eigenvalue weighted by atomic mass is 16.5. The lowest BCUT2D eigenvalue weighted by Gasteiger charge is -2.21. The lowest BCUT2D eigenvalue weighted by molar-refractivity contribution is -0.154. The molecule has 0 aromatic heterocycles. The number of ether oxygens (including phenoxy) is 3. The molecular weight excluding hydrogens is 232 g/mol. The summed E-state index contributed by atoms with van der Waals surface area (Å²) in [5, 5.41) is 0. The Bertz CT molecular complexity index is 399. The monoisotopic (exact) mass is 252 g/mol. The topological polar surface area (TPSA) is 44.8 Å². The van der Waals surface area contributed by atoms with Gasteiger partial charge < -0.3 is 14.2 Å². The number of rotatable bonds is 6. The second-order valence-corrected chi connectivity index (χ2v) is 4.72. The molecule has 4 heteroatoms. The van der Waals surface area contributed by atoms with Crippen LogP contribution in [0.15, 0.2) is 24.3 Å². The van der Waals surface area contributed by atoms with Crippen molar-refractivity contribution in [2.45, 2.75) is 20.5 Å². The van der Waals surface area contributed by atoms with Gasteiger partial charge in [0.15, 0.2) is 0 Å². The van der Waals surface area contributed by atoms with Crippen LogP contribution in [0.2, 0.25) is 0 Å². The fraction of sp³-hybridized carbons (Fsp3) is 0.500. The Labute approximate surface area is 108 Å². The van der Waals surface area contributed by atoms with Crippen molar-refractivity contribution in [1.29, 1.82) is 0 Å². The van der Waals surface area contributed by atoms with Crippen molar-refractivity contribution in [2.75, 3.05) is 20.8 Å². The van der Waals surface area contributed by atoms with Gasteiger partial charge in [-0.3, -0.25) is 4.79 Å². The van der Waals surface area contributed by atoms with Crippen molar-refractivity contribution in [3.63, 3.8) is 0 Å². The first-order valence-corrected chi connectivity index (χ1v) is 5.78. The van der Waals surface area contributed by atoms with Gasteiger partial charge in [-0.1, -0.05) is 12.1 Å². The normalized spacial score (nSPS) is 11.1. The number of carbonyl (C=O) groups is 1. The zero-order valence-electron chi connectivity index (χ0n) is 11.4. The maximum absolute atomic E-state index is 11.5. The number of esters is 1. The molecule has 0 aliphatic rings. The molecule has 0 bridgehead atoms. The van der Waals surface area contributed by atoms with Crippen LogP contribution in [0.1, 0.15) is 19.4 Å². The molecule has 0 heterocycles. The third-order valence-corrected chi connectivity index (χ3v) is 2.60. The molecule has 0 unspecified atom stereocenters. The Morgan fingerprint density at radius 2 is 2.00 bits per heavy atom. The van der Waals surface area contributed by atoms with E-state index < -0.39 is 5.41 Å². The summed E-state index contributed by atoms with van der Waals surface area (Å²) >= 11 is 0. The van der Waals surface area contributed by atoms with E-state index in [0.717, 1.165) is 11.3 Å². The van der Waals surface area contributed by atoms with Gasteiger partial charge in [-0.15, -0.1) is 0 Å². The average Bonchev–Trinajstić information content (AvgIpc) is 2.37. The van der Waals surface area contributed by atoms with Crippen molar-refractivity contribution < 1.29 is 19.0 Å². The highest BCUT2D eigenvalue weighted by Gasteiger charge is 2.28. The molecule has 0 atom stereocenters. The maximum atomic E-state index is 11.5. The molecule has 18 heavy (non-hydrogen) atoms. The van der Waals surface area contributed by atoms with Gasteiger partial charge in [0.05, 0.1) is 32.8 Å². The summed E-state index contributed by atoms with van der Waals surface area (Å²) in [6.07, 6.45) is 0. The van der Waals surface area contributed by atoms with Gasteiger partial charge in [0.25, 0.3) is 0 Å². The zero-order valence-corrected chi connectivity index (χ0v) is 11.4. The zero-order chi connectivity index (χ0) is 13.6. The lowest BCUT2D eigenvalue weighted by Crippen LogP contribution is -2.30. The minimum Gasteiger partial charge on any atom is -0.497 e. The standard InChI is InChI=1S/C14H20O4/c1-14(2,13(15)17-4)10-18-9-11-6-5-7-12(8-11)16-3/h5-8H,9-10H2,1-4H3. The molecule has 0 amide bonds. The van der Waals surface area contributed by atoms with Crippen molar-refractivity contribution in [3.05, 3.63) is 29.8 Å². The van der Waals surface area contributed by atoms with Crippen molar-refractivity contribution >= 4 is 5.97 Å². The summed E-state index contributed by atoms with van der Waals surface area (Å²) < 4.78 is 15.4. The smallest absolute Gasteiger partial charge is 0.313 e. The maximum Gasteiger partial charge on any atom is 0.313 e. The van der Waals surface area contributed by atoms with Crippen LogP contribution in [0.5, 0.6) is 5.75 Å². The highest BCUT2D eigenvalue weighted by molar-refractivity contribution is 5.75. The van der Waals surface area contributed by atoms with Gasteiger partial charge in [-0.25, -0.2) is 0 Å². The molecule has 0 N–H and O–H groups in total. The number of methoxy groups -OCH3 is 2. The Kier molecular flexibility index (Phi) is 5.16. The van der Waals surface area contributed by atoms with Crippen LogP contribution in [-0.4, -0.2) is 26.8 Å². The van der Waals surface area contributed by atoms with E-state index in [1.165, 1.54) is 7.11 Å². The van der Waals surface area contributed by atoms with E-state index in [2.05, 4.69) is 0 Å². The first-order valence-electron chi connectivity index (χ1n) is 5.78. The second kappa shape index (κ2) is 6.40. The molecule has 0 aliphatic heterocycles. The van der Waals surface area contributed by atoms with Gasteiger partial charge in [0.1, 0.15) is 5.75 Å². The summed E-state index contributed by atoms with van der Waals surface area (Å²) in [5.41, 5.74) is 0.378. The van der Waals surface area contributed by atoms with Crippen molar-refractivity contribution in [1.82, 2.24) is 0 Å². The van der Waals surface area contributed by atoms with Crippen LogP contribution >= 0.6 is 0 Å². The Hall–Kier alpha value is -1.55. The molecule has 0 saturated carbocycles. The van der Waals surface area contributed by atoms with Gasteiger partial charge in [0.2, 0.25) is 0 Å². The number of hydrogen-bond acceptors (Lipinski definition) is 4. The van der Waals surface area contributed by atoms with Crippen LogP contribution in [0.3, 0.4) is 0 Å². The Balaban J connectivity index is 2.48. The predicted octanol–water partition coefficient (Wildman–Crippen LogP) is 2.41. The van der Waals surface area contributed by atoms with Gasteiger partial charge >= 0.3 is 5.97 Å². The van der Waals surface area contributed by atoms with E-state index in [1.54, 1.807) is 21.0 Å². The summed E-state index contributed by atoms with van der Waals surface area (Å²) in [5.74, 6) is 0.525. The van der Waals surface area contributed by atoms with E-state index in [1.807, 2.05) is 24.3 Å². The average molecular weight is 252 g/mol. The number of benzene rings is 1. The first kappa shape index (κ1) is 14.5. The largest absolute Gasteiger partial charge is 0.497 e. The third kappa shape index (κ3) is 4.04. The van der Waals surface area contributed by atoms with Crippen molar-refractivity contribution in [2.24, 2.45) is 5.41 Å². The van der Waals surface area contributed by atoms with Crippen molar-refractivity contribution in [3.8, 4) is 5.75 Å². The molecule has 1 aromatic rings. The van der Waals surface area contributed by atoms with E-state index in [9.17, 15) is 4.79 Å². The van der Waals surface area contributed by atoms with Crippen LogP contribution in [0.25, 0.3) is 0 Å². The van der Waals surface area contributed by atoms with E-state index >= 15 is 0 Å². The van der Waals surface area contributed by atoms with Crippen LogP contribution in [-0.2, 0) is 20.9 Å². The summed E-state index contributed by atoms with van der Waals surface area (Å²) in [4.78, 5) is 11.5. The fourth-order valence-corrected chi connectivity index (χ4v) is 1.52. The van der Waals surface area contributed by atoms with Crippen LogP contribution in [0, 0.1) is 5.41 Å². The minimum atomic E-state index is -0.631. The SMILES string of the molecule is COC(=O)C(C)(C)COCc1cccc(OC)c1. The Morgan fingerprint density at radius 1 is 1.28 bits per heavy atom. The molecule has 0 spiro atoms. The molecule has 0 saturated heterocycles. The predicted molar refractivity (Wildman–Crippen MR) is 68.4 cm³/mol. The minimum absolute atomic E-state index is 0.270. The molecule has 1 aromatic carbocycles. The van der Waals surface area contributed by atoms with Gasteiger partial charge in [-0.05, 0) is 31.5 Å². The van der Waals surface area contributed by atoms with E-state index in [-0.39, 0.29) is 5.97 Å². The molecule has 100 valence electrons. The Morgan fingerprint density at radius 3 is 2.61 bits per heavy atom. The molecule has 4 nitrogen and oxygen atoms in total. The molecule has 0 aliphatic carbocycles. The van der Waals surface area contributed by atoms with Crippen LogP contribution < -0.4 is 4.74 Å².